The lowest BCUT2D eigenvalue weighted by Crippen LogP contribution is -2.06. The van der Waals surface area contributed by atoms with Crippen LogP contribution in [0.1, 0.15) is 6.92 Å². The number of H-pyrrole nitrogens is 1. The fourth-order valence-electron chi connectivity index (χ4n) is 1.13. The Labute approximate surface area is 95.3 Å². The molecule has 0 aliphatic heterocycles. The molecular formula is C9H8ClN3OS. The van der Waals surface area contributed by atoms with Gasteiger partial charge in [0, 0.05) is 13.1 Å². The van der Waals surface area contributed by atoms with Crippen molar-refractivity contribution in [2.24, 2.45) is 0 Å². The van der Waals surface area contributed by atoms with Crippen molar-refractivity contribution in [1.82, 2.24) is 9.97 Å². The van der Waals surface area contributed by atoms with Gasteiger partial charge in [-0.2, -0.15) is 0 Å². The van der Waals surface area contributed by atoms with Crippen LogP contribution in [0.5, 0.6) is 0 Å². The highest BCUT2D eigenvalue weighted by molar-refractivity contribution is 7.19. The van der Waals surface area contributed by atoms with Gasteiger partial charge in [-0.3, -0.25) is 10.1 Å². The molecule has 15 heavy (non-hydrogen) atoms. The maximum atomic E-state index is 10.8. The molecule has 0 radical (unpaired) electrons. The Morgan fingerprint density at radius 3 is 3.00 bits per heavy atom. The van der Waals surface area contributed by atoms with Gasteiger partial charge in [0.1, 0.15) is 5.69 Å². The summed E-state index contributed by atoms with van der Waals surface area (Å²) in [5.74, 6) is 0.294. The molecule has 1 amide bonds. The molecule has 0 bridgehead atoms. The molecule has 2 heterocycles. The second-order valence-electron chi connectivity index (χ2n) is 2.92. The molecule has 0 aliphatic carbocycles. The Morgan fingerprint density at radius 1 is 1.60 bits per heavy atom. The zero-order chi connectivity index (χ0) is 10.8. The number of rotatable bonds is 2. The van der Waals surface area contributed by atoms with Crippen molar-refractivity contribution in [2.75, 3.05) is 5.32 Å². The molecule has 0 saturated carbocycles. The average Bonchev–Trinajstić information content (AvgIpc) is 2.72. The number of imidazole rings is 1. The molecule has 0 aliphatic rings. The summed E-state index contributed by atoms with van der Waals surface area (Å²) in [5, 5.41) is 2.57. The van der Waals surface area contributed by atoms with Crippen molar-refractivity contribution < 1.29 is 4.79 Å². The third-order valence-electron chi connectivity index (χ3n) is 1.70. The number of halogens is 1. The summed E-state index contributed by atoms with van der Waals surface area (Å²) in [6.07, 6.45) is 1.73. The lowest BCUT2D eigenvalue weighted by molar-refractivity contribution is -0.114. The predicted molar refractivity (Wildman–Crippen MR) is 61.2 cm³/mol. The normalized spacial score (nSPS) is 10.3. The molecule has 0 atom stereocenters. The summed E-state index contributed by atoms with van der Waals surface area (Å²) in [7, 11) is 0. The fraction of sp³-hybridized carbons (Fsp3) is 0.111. The molecule has 0 fully saturated rings. The Bertz CT molecular complexity index is 491. The van der Waals surface area contributed by atoms with E-state index in [4.69, 9.17) is 11.6 Å². The highest BCUT2D eigenvalue weighted by Crippen LogP contribution is 2.30. The topological polar surface area (TPSA) is 57.8 Å². The molecule has 0 aromatic carbocycles. The maximum absolute atomic E-state index is 10.8. The van der Waals surface area contributed by atoms with Crippen LogP contribution in [0.2, 0.25) is 4.34 Å². The van der Waals surface area contributed by atoms with Crippen molar-refractivity contribution in [3.8, 4) is 10.6 Å². The summed E-state index contributed by atoms with van der Waals surface area (Å²) in [6.45, 7) is 1.43. The van der Waals surface area contributed by atoms with Gasteiger partial charge in [0.25, 0.3) is 0 Å². The second-order valence-corrected chi connectivity index (χ2v) is 4.63. The molecule has 2 N–H and O–H groups in total. The molecular weight excluding hydrogens is 234 g/mol. The minimum atomic E-state index is -0.153. The number of amides is 1. The quantitative estimate of drug-likeness (QED) is 0.850. The predicted octanol–water partition coefficient (Wildman–Crippen LogP) is 2.75. The number of anilines is 1. The Morgan fingerprint density at radius 2 is 2.40 bits per heavy atom. The van der Waals surface area contributed by atoms with Crippen LogP contribution in [0.15, 0.2) is 18.3 Å². The van der Waals surface area contributed by atoms with E-state index in [0.717, 1.165) is 10.6 Å². The van der Waals surface area contributed by atoms with Gasteiger partial charge in [-0.1, -0.05) is 11.6 Å². The highest BCUT2D eigenvalue weighted by Gasteiger charge is 2.06. The standard InChI is InChI=1S/C9H8ClN3OS/c1-5(14)12-9-11-4-6(13-9)7-2-3-8(10)15-7/h2-4H,1H3,(H2,11,12,13,14). The van der Waals surface area contributed by atoms with Gasteiger partial charge in [0.15, 0.2) is 0 Å². The Kier molecular flexibility index (Phi) is 2.75. The zero-order valence-electron chi connectivity index (χ0n) is 7.87. The number of carbonyl (C=O) groups is 1. The number of aromatic amines is 1. The van der Waals surface area contributed by atoms with Gasteiger partial charge in [-0.25, -0.2) is 4.98 Å². The van der Waals surface area contributed by atoms with Gasteiger partial charge in [-0.15, -0.1) is 11.3 Å². The van der Waals surface area contributed by atoms with Crippen LogP contribution in [0.4, 0.5) is 5.95 Å². The van der Waals surface area contributed by atoms with Crippen LogP contribution in [-0.4, -0.2) is 15.9 Å². The summed E-state index contributed by atoms with van der Waals surface area (Å²) in [4.78, 5) is 18.8. The number of carbonyl (C=O) groups excluding carboxylic acids is 1. The lowest BCUT2D eigenvalue weighted by Gasteiger charge is -1.93. The fourth-order valence-corrected chi connectivity index (χ4v) is 2.13. The van der Waals surface area contributed by atoms with Gasteiger partial charge in [0.05, 0.1) is 9.21 Å². The molecule has 0 unspecified atom stereocenters. The third-order valence-corrected chi connectivity index (χ3v) is 2.95. The van der Waals surface area contributed by atoms with Crippen molar-refractivity contribution in [3.05, 3.63) is 22.7 Å². The first-order valence-electron chi connectivity index (χ1n) is 4.24. The monoisotopic (exact) mass is 241 g/mol. The molecule has 2 rings (SSSR count). The van der Waals surface area contributed by atoms with E-state index in [2.05, 4.69) is 15.3 Å². The van der Waals surface area contributed by atoms with Crippen LogP contribution < -0.4 is 5.32 Å². The van der Waals surface area contributed by atoms with E-state index in [-0.39, 0.29) is 5.91 Å². The lowest BCUT2D eigenvalue weighted by atomic mass is 10.4. The molecule has 0 spiro atoms. The van der Waals surface area contributed by atoms with Crippen LogP contribution in [-0.2, 0) is 4.79 Å². The highest BCUT2D eigenvalue weighted by atomic mass is 35.5. The second kappa shape index (κ2) is 4.04. The minimum Gasteiger partial charge on any atom is -0.330 e. The van der Waals surface area contributed by atoms with E-state index in [0.29, 0.717) is 10.3 Å². The molecule has 0 saturated heterocycles. The smallest absolute Gasteiger partial charge is 0.223 e. The largest absolute Gasteiger partial charge is 0.330 e. The van der Waals surface area contributed by atoms with Crippen LogP contribution in [0.25, 0.3) is 10.6 Å². The van der Waals surface area contributed by atoms with Crippen molar-refractivity contribution in [3.63, 3.8) is 0 Å². The first-order chi connectivity index (χ1) is 7.15. The first-order valence-corrected chi connectivity index (χ1v) is 5.43. The van der Waals surface area contributed by atoms with E-state index < -0.39 is 0 Å². The maximum Gasteiger partial charge on any atom is 0.223 e. The molecule has 4 nitrogen and oxygen atoms in total. The van der Waals surface area contributed by atoms with E-state index >= 15 is 0 Å². The third kappa shape index (κ3) is 2.37. The number of thiophene rings is 1. The van der Waals surface area contributed by atoms with Crippen LogP contribution >= 0.6 is 22.9 Å². The summed E-state index contributed by atoms with van der Waals surface area (Å²) < 4.78 is 0.717. The number of hydrogen-bond donors (Lipinski definition) is 2. The Balaban J connectivity index is 2.23. The van der Waals surface area contributed by atoms with Crippen molar-refractivity contribution >= 4 is 34.8 Å². The van der Waals surface area contributed by atoms with Crippen molar-refractivity contribution in [2.45, 2.75) is 6.92 Å². The SMILES string of the molecule is CC(=O)Nc1nc(-c2ccc(Cl)s2)c[nH]1. The Hall–Kier alpha value is -1.33. The number of nitrogens with zero attached hydrogens (tertiary/aromatic N) is 1. The molecule has 6 heteroatoms. The first kappa shape index (κ1) is 10.2. The van der Waals surface area contributed by atoms with Gasteiger partial charge < -0.3 is 4.98 Å². The van der Waals surface area contributed by atoms with Gasteiger partial charge in [0.2, 0.25) is 11.9 Å². The number of aromatic nitrogens is 2. The van der Waals surface area contributed by atoms with Crippen LogP contribution in [0, 0.1) is 0 Å². The average molecular weight is 242 g/mol. The van der Waals surface area contributed by atoms with Crippen molar-refractivity contribution in [1.29, 1.82) is 0 Å². The zero-order valence-corrected chi connectivity index (χ0v) is 9.45. The summed E-state index contributed by atoms with van der Waals surface area (Å²) in [5.41, 5.74) is 0.774. The van der Waals surface area contributed by atoms with E-state index in [9.17, 15) is 4.79 Å². The van der Waals surface area contributed by atoms with Crippen LogP contribution in [0.3, 0.4) is 0 Å². The number of hydrogen-bond acceptors (Lipinski definition) is 3. The summed E-state index contributed by atoms with van der Waals surface area (Å²) in [6, 6.07) is 3.70. The molecule has 2 aromatic rings. The van der Waals surface area contributed by atoms with E-state index in [1.54, 1.807) is 6.20 Å². The molecule has 2 aromatic heterocycles. The number of nitrogens with one attached hydrogen (secondary N) is 2. The van der Waals surface area contributed by atoms with E-state index in [1.807, 2.05) is 12.1 Å². The van der Waals surface area contributed by atoms with Gasteiger partial charge in [-0.05, 0) is 12.1 Å². The van der Waals surface area contributed by atoms with E-state index in [1.165, 1.54) is 18.3 Å². The summed E-state index contributed by atoms with van der Waals surface area (Å²) >= 11 is 7.26. The van der Waals surface area contributed by atoms with Gasteiger partial charge >= 0.3 is 0 Å². The molecule has 78 valence electrons. The minimum absolute atomic E-state index is 0.153.